The Morgan fingerprint density at radius 1 is 1.06 bits per heavy atom. The molecule has 16 heavy (non-hydrogen) atoms. The molecule has 8 heteroatoms. The zero-order chi connectivity index (χ0) is 11.9. The van der Waals surface area contributed by atoms with E-state index in [9.17, 15) is 8.42 Å². The van der Waals surface area contributed by atoms with Crippen LogP contribution in [0.3, 0.4) is 0 Å². The number of aromatic nitrogens is 2. The van der Waals surface area contributed by atoms with Gasteiger partial charge in [0.05, 0.1) is 5.52 Å². The summed E-state index contributed by atoms with van der Waals surface area (Å²) in [5.74, 6) is 0. The minimum Gasteiger partial charge on any atom is -0.231 e. The third-order valence-electron chi connectivity index (χ3n) is 1.84. The Hall–Kier alpha value is -0.620. The molecule has 2 rings (SSSR count). The molecule has 0 atom stereocenters. The predicted octanol–water partition coefficient (Wildman–Crippen LogP) is 2.86. The highest BCUT2D eigenvalue weighted by molar-refractivity contribution is 8.14. The van der Waals surface area contributed by atoms with Crippen LogP contribution in [0.25, 0.3) is 11.0 Å². The molecule has 0 saturated heterocycles. The molecule has 1 heterocycles. The largest absolute Gasteiger partial charge is 0.263 e. The van der Waals surface area contributed by atoms with Gasteiger partial charge in [0.1, 0.15) is 10.4 Å². The number of halogens is 3. The summed E-state index contributed by atoms with van der Waals surface area (Å²) in [4.78, 5) is 7.61. The van der Waals surface area contributed by atoms with E-state index < -0.39 is 9.05 Å². The number of hydrogen-bond acceptors (Lipinski definition) is 4. The van der Waals surface area contributed by atoms with Gasteiger partial charge in [-0.2, -0.15) is 0 Å². The first-order valence-electron chi connectivity index (χ1n) is 3.96. The lowest BCUT2D eigenvalue weighted by molar-refractivity contribution is 0.610. The van der Waals surface area contributed by atoms with Gasteiger partial charge in [-0.3, -0.25) is 0 Å². The summed E-state index contributed by atoms with van der Waals surface area (Å²) in [7, 11) is 1.37. The maximum Gasteiger partial charge on any atom is 0.263 e. The van der Waals surface area contributed by atoms with Crippen LogP contribution >= 0.6 is 33.9 Å². The highest BCUT2D eigenvalue weighted by Gasteiger charge is 2.17. The molecule has 0 bridgehead atoms. The van der Waals surface area contributed by atoms with Crippen LogP contribution in [-0.2, 0) is 9.05 Å². The summed E-state index contributed by atoms with van der Waals surface area (Å²) in [6.07, 6.45) is 0. The molecule has 0 unspecified atom stereocenters. The van der Waals surface area contributed by atoms with Crippen LogP contribution < -0.4 is 0 Å². The third kappa shape index (κ3) is 2.08. The molecule has 2 aromatic rings. The minimum atomic E-state index is -3.89. The average Bonchev–Trinajstić information content (AvgIpc) is 2.17. The average molecular weight is 298 g/mol. The SMILES string of the molecule is O=S(=O)(Cl)c1cccc2nc(Cl)c(Cl)nc12. The number of rotatable bonds is 1. The molecule has 0 amide bonds. The number of hydrogen-bond donors (Lipinski definition) is 0. The highest BCUT2D eigenvalue weighted by atomic mass is 35.7. The summed E-state index contributed by atoms with van der Waals surface area (Å²) in [6, 6.07) is 4.39. The van der Waals surface area contributed by atoms with Gasteiger partial charge < -0.3 is 0 Å². The summed E-state index contributed by atoms with van der Waals surface area (Å²) in [5, 5.41) is -0.0554. The maximum absolute atomic E-state index is 11.3. The monoisotopic (exact) mass is 296 g/mol. The number of nitrogens with zero attached hydrogens (tertiary/aromatic N) is 2. The van der Waals surface area contributed by atoms with Crippen LogP contribution in [0.4, 0.5) is 0 Å². The molecule has 0 aliphatic rings. The van der Waals surface area contributed by atoms with E-state index in [2.05, 4.69) is 9.97 Å². The van der Waals surface area contributed by atoms with Crippen molar-refractivity contribution < 1.29 is 8.42 Å². The summed E-state index contributed by atoms with van der Waals surface area (Å²) < 4.78 is 22.5. The number of fused-ring (bicyclic) bond motifs is 1. The van der Waals surface area contributed by atoms with E-state index in [1.807, 2.05) is 0 Å². The van der Waals surface area contributed by atoms with Crippen LogP contribution in [0, 0.1) is 0 Å². The first-order valence-corrected chi connectivity index (χ1v) is 7.02. The fourth-order valence-corrected chi connectivity index (χ4v) is 2.46. The van der Waals surface area contributed by atoms with E-state index >= 15 is 0 Å². The zero-order valence-corrected chi connectivity index (χ0v) is 10.6. The van der Waals surface area contributed by atoms with Gasteiger partial charge in [0.15, 0.2) is 10.3 Å². The third-order valence-corrected chi connectivity index (χ3v) is 3.82. The van der Waals surface area contributed by atoms with Crippen LogP contribution in [0.15, 0.2) is 23.1 Å². The van der Waals surface area contributed by atoms with Crippen LogP contribution in [0.5, 0.6) is 0 Å². The highest BCUT2D eigenvalue weighted by Crippen LogP contribution is 2.27. The van der Waals surface area contributed by atoms with Crippen molar-refractivity contribution in [2.45, 2.75) is 4.90 Å². The van der Waals surface area contributed by atoms with Crippen LogP contribution in [0.2, 0.25) is 10.3 Å². The molecule has 84 valence electrons. The van der Waals surface area contributed by atoms with Crippen LogP contribution in [-0.4, -0.2) is 18.4 Å². The van der Waals surface area contributed by atoms with Crippen molar-refractivity contribution in [3.05, 3.63) is 28.5 Å². The Morgan fingerprint density at radius 2 is 1.69 bits per heavy atom. The van der Waals surface area contributed by atoms with Gasteiger partial charge in [-0.05, 0) is 12.1 Å². The van der Waals surface area contributed by atoms with Crippen LogP contribution in [0.1, 0.15) is 0 Å². The first-order chi connectivity index (χ1) is 7.39. The standard InChI is InChI=1S/C8H3Cl3N2O2S/c9-7-8(10)13-6-4(12-7)2-1-3-5(6)16(11,14)15/h1-3H. The molecule has 1 aromatic heterocycles. The molecule has 0 N–H and O–H groups in total. The molecule has 1 aromatic carbocycles. The van der Waals surface area contributed by atoms with E-state index in [4.69, 9.17) is 33.9 Å². The Bertz CT molecular complexity index is 672. The van der Waals surface area contributed by atoms with E-state index in [1.54, 1.807) is 6.07 Å². The minimum absolute atomic E-state index is 0.0123. The van der Waals surface area contributed by atoms with Crippen molar-refractivity contribution in [3.8, 4) is 0 Å². The summed E-state index contributed by atoms with van der Waals surface area (Å²) in [5.41, 5.74) is 0.419. The Labute approximate surface area is 106 Å². The molecule has 4 nitrogen and oxygen atoms in total. The van der Waals surface area contributed by atoms with Crippen molar-refractivity contribution >= 4 is 54.0 Å². The molecule has 0 spiro atoms. The Kier molecular flexibility index (Phi) is 2.96. The van der Waals surface area contributed by atoms with E-state index in [1.165, 1.54) is 12.1 Å². The smallest absolute Gasteiger partial charge is 0.231 e. The Balaban J connectivity index is 2.93. The van der Waals surface area contributed by atoms with Crippen molar-refractivity contribution in [1.82, 2.24) is 9.97 Å². The summed E-state index contributed by atoms with van der Waals surface area (Å²) >= 11 is 11.3. The number of para-hydroxylation sites is 1. The van der Waals surface area contributed by atoms with E-state index in [-0.39, 0.29) is 20.7 Å². The van der Waals surface area contributed by atoms with Gasteiger partial charge in [-0.1, -0.05) is 29.3 Å². The lowest BCUT2D eigenvalue weighted by atomic mass is 10.3. The van der Waals surface area contributed by atoms with Gasteiger partial charge in [0.2, 0.25) is 0 Å². The topological polar surface area (TPSA) is 59.9 Å². The molecular formula is C8H3Cl3N2O2S. The quantitative estimate of drug-likeness (QED) is 0.759. The molecule has 0 aliphatic heterocycles. The first kappa shape index (κ1) is 11.9. The molecular weight excluding hydrogens is 295 g/mol. The summed E-state index contributed by atoms with van der Waals surface area (Å²) in [6.45, 7) is 0. The lowest BCUT2D eigenvalue weighted by Gasteiger charge is -2.03. The fourth-order valence-electron chi connectivity index (χ4n) is 1.21. The lowest BCUT2D eigenvalue weighted by Crippen LogP contribution is -1.96. The second-order valence-electron chi connectivity index (χ2n) is 2.87. The molecule has 0 radical (unpaired) electrons. The number of benzene rings is 1. The second kappa shape index (κ2) is 4.00. The van der Waals surface area contributed by atoms with Gasteiger partial charge >= 0.3 is 0 Å². The van der Waals surface area contributed by atoms with Crippen molar-refractivity contribution in [2.24, 2.45) is 0 Å². The van der Waals surface area contributed by atoms with Gasteiger partial charge in [0, 0.05) is 10.7 Å². The predicted molar refractivity (Wildman–Crippen MR) is 62.6 cm³/mol. The molecule has 0 saturated carbocycles. The maximum atomic E-state index is 11.3. The van der Waals surface area contributed by atoms with Crippen molar-refractivity contribution in [3.63, 3.8) is 0 Å². The van der Waals surface area contributed by atoms with Crippen molar-refractivity contribution in [2.75, 3.05) is 0 Å². The molecule has 0 fully saturated rings. The van der Waals surface area contributed by atoms with Crippen molar-refractivity contribution in [1.29, 1.82) is 0 Å². The Morgan fingerprint density at radius 3 is 2.31 bits per heavy atom. The van der Waals surface area contributed by atoms with Gasteiger partial charge in [-0.25, -0.2) is 18.4 Å². The normalized spacial score (nSPS) is 11.9. The zero-order valence-electron chi connectivity index (χ0n) is 7.49. The second-order valence-corrected chi connectivity index (χ2v) is 6.12. The van der Waals surface area contributed by atoms with E-state index in [0.29, 0.717) is 5.52 Å². The molecule has 0 aliphatic carbocycles. The fraction of sp³-hybridized carbons (Fsp3) is 0. The van der Waals surface area contributed by atoms with E-state index in [0.717, 1.165) is 0 Å². The van der Waals surface area contributed by atoms with Gasteiger partial charge in [-0.15, -0.1) is 0 Å². The van der Waals surface area contributed by atoms with Gasteiger partial charge in [0.25, 0.3) is 9.05 Å².